The van der Waals surface area contributed by atoms with Crippen LogP contribution in [0.5, 0.6) is 0 Å². The van der Waals surface area contributed by atoms with Crippen molar-refractivity contribution >= 4 is 11.7 Å². The highest BCUT2D eigenvalue weighted by molar-refractivity contribution is 6.01. The van der Waals surface area contributed by atoms with Crippen LogP contribution in [0.4, 0.5) is 0 Å². The van der Waals surface area contributed by atoms with Gasteiger partial charge in [-0.05, 0) is 32.3 Å². The van der Waals surface area contributed by atoms with E-state index in [-0.39, 0.29) is 11.9 Å². The number of hydrogen-bond donors (Lipinski definition) is 0. The van der Waals surface area contributed by atoms with E-state index >= 15 is 0 Å². The average Bonchev–Trinajstić information content (AvgIpc) is 2.28. The van der Waals surface area contributed by atoms with Crippen LogP contribution in [0.15, 0.2) is 35.5 Å². The molecule has 0 radical (unpaired) electrons. The SMILES string of the molecule is CC(C)/C(=N\OC(=O)C(C)(C)C)c1ccccc1. The van der Waals surface area contributed by atoms with Gasteiger partial charge in [-0.3, -0.25) is 0 Å². The molecule has 0 spiro atoms. The van der Waals surface area contributed by atoms with E-state index in [0.29, 0.717) is 0 Å². The molecule has 18 heavy (non-hydrogen) atoms. The van der Waals surface area contributed by atoms with Crippen LogP contribution in [-0.4, -0.2) is 11.7 Å². The molecular weight excluding hydrogens is 226 g/mol. The number of benzene rings is 1. The Kier molecular flexibility index (Phi) is 4.65. The lowest BCUT2D eigenvalue weighted by atomic mass is 9.98. The zero-order valence-electron chi connectivity index (χ0n) is 11.7. The van der Waals surface area contributed by atoms with Crippen LogP contribution in [0.2, 0.25) is 0 Å². The van der Waals surface area contributed by atoms with Gasteiger partial charge in [0, 0.05) is 0 Å². The average molecular weight is 247 g/mol. The topological polar surface area (TPSA) is 38.7 Å². The molecule has 0 unspecified atom stereocenters. The zero-order valence-corrected chi connectivity index (χ0v) is 11.7. The van der Waals surface area contributed by atoms with Gasteiger partial charge in [-0.25, -0.2) is 4.79 Å². The van der Waals surface area contributed by atoms with Gasteiger partial charge >= 0.3 is 5.97 Å². The van der Waals surface area contributed by atoms with E-state index in [2.05, 4.69) is 5.16 Å². The Bertz CT molecular complexity index is 428. The summed E-state index contributed by atoms with van der Waals surface area (Å²) in [5.41, 5.74) is 1.23. The summed E-state index contributed by atoms with van der Waals surface area (Å²) in [5, 5.41) is 4.03. The van der Waals surface area contributed by atoms with Crippen molar-refractivity contribution in [2.45, 2.75) is 34.6 Å². The lowest BCUT2D eigenvalue weighted by Crippen LogP contribution is -2.22. The Morgan fingerprint density at radius 3 is 2.17 bits per heavy atom. The number of hydrogen-bond acceptors (Lipinski definition) is 3. The van der Waals surface area contributed by atoms with E-state index in [1.54, 1.807) is 0 Å². The van der Waals surface area contributed by atoms with Gasteiger partial charge in [0.05, 0.1) is 11.1 Å². The van der Waals surface area contributed by atoms with Crippen molar-refractivity contribution in [3.05, 3.63) is 35.9 Å². The first kappa shape index (κ1) is 14.4. The van der Waals surface area contributed by atoms with Crippen LogP contribution in [0, 0.1) is 11.3 Å². The summed E-state index contributed by atoms with van der Waals surface area (Å²) in [5.74, 6) is -0.128. The van der Waals surface area contributed by atoms with Crippen LogP contribution in [0.1, 0.15) is 40.2 Å². The second-order valence-corrected chi connectivity index (χ2v) is 5.63. The van der Waals surface area contributed by atoms with Gasteiger partial charge in [-0.2, -0.15) is 0 Å². The van der Waals surface area contributed by atoms with E-state index in [1.165, 1.54) is 0 Å². The molecule has 0 aliphatic carbocycles. The van der Waals surface area contributed by atoms with E-state index < -0.39 is 5.41 Å². The predicted molar refractivity (Wildman–Crippen MR) is 73.4 cm³/mol. The maximum absolute atomic E-state index is 11.7. The molecule has 0 bridgehead atoms. The smallest absolute Gasteiger partial charge is 0.317 e. The monoisotopic (exact) mass is 247 g/mol. The number of rotatable bonds is 3. The largest absolute Gasteiger partial charge is 0.340 e. The third-order valence-electron chi connectivity index (χ3n) is 2.46. The Labute approximate surface area is 109 Å². The minimum Gasteiger partial charge on any atom is -0.317 e. The minimum atomic E-state index is -0.539. The molecule has 1 aromatic carbocycles. The van der Waals surface area contributed by atoms with Gasteiger partial charge in [0.25, 0.3) is 0 Å². The van der Waals surface area contributed by atoms with Crippen LogP contribution in [-0.2, 0) is 9.63 Å². The molecule has 0 saturated carbocycles. The first-order chi connectivity index (χ1) is 8.32. The number of oxime groups is 1. The summed E-state index contributed by atoms with van der Waals surface area (Å²) in [6, 6.07) is 9.76. The normalized spacial score (nSPS) is 12.7. The van der Waals surface area contributed by atoms with Crippen LogP contribution in [0.3, 0.4) is 0 Å². The maximum atomic E-state index is 11.7. The molecule has 0 amide bonds. The lowest BCUT2D eigenvalue weighted by Gasteiger charge is -2.15. The van der Waals surface area contributed by atoms with Gasteiger partial charge in [-0.15, -0.1) is 0 Å². The molecule has 3 nitrogen and oxygen atoms in total. The number of carbonyl (C=O) groups excluding carboxylic acids is 1. The van der Waals surface area contributed by atoms with Crippen molar-refractivity contribution in [2.24, 2.45) is 16.5 Å². The fraction of sp³-hybridized carbons (Fsp3) is 0.467. The summed E-state index contributed by atoms with van der Waals surface area (Å²) in [6.07, 6.45) is 0. The molecule has 0 heterocycles. The third kappa shape index (κ3) is 3.99. The van der Waals surface area contributed by atoms with Crippen molar-refractivity contribution in [2.75, 3.05) is 0 Å². The van der Waals surface area contributed by atoms with Gasteiger partial charge in [0.15, 0.2) is 0 Å². The fourth-order valence-electron chi connectivity index (χ4n) is 1.33. The highest BCUT2D eigenvalue weighted by Crippen LogP contribution is 2.16. The maximum Gasteiger partial charge on any atom is 0.340 e. The van der Waals surface area contributed by atoms with E-state index in [0.717, 1.165) is 11.3 Å². The lowest BCUT2D eigenvalue weighted by molar-refractivity contribution is -0.152. The summed E-state index contributed by atoms with van der Waals surface area (Å²) >= 11 is 0. The van der Waals surface area contributed by atoms with Crippen molar-refractivity contribution in [1.29, 1.82) is 0 Å². The van der Waals surface area contributed by atoms with Crippen molar-refractivity contribution < 1.29 is 9.63 Å². The fourth-order valence-corrected chi connectivity index (χ4v) is 1.33. The Hall–Kier alpha value is -1.64. The number of nitrogens with zero attached hydrogens (tertiary/aromatic N) is 1. The quantitative estimate of drug-likeness (QED) is 0.464. The van der Waals surface area contributed by atoms with Crippen molar-refractivity contribution in [1.82, 2.24) is 0 Å². The molecule has 0 saturated heterocycles. The summed E-state index contributed by atoms with van der Waals surface area (Å²) in [7, 11) is 0. The summed E-state index contributed by atoms with van der Waals surface area (Å²) in [6.45, 7) is 9.47. The van der Waals surface area contributed by atoms with Gasteiger partial charge in [0.1, 0.15) is 0 Å². The van der Waals surface area contributed by atoms with Crippen LogP contribution >= 0.6 is 0 Å². The second kappa shape index (κ2) is 5.80. The van der Waals surface area contributed by atoms with E-state index in [1.807, 2.05) is 65.0 Å². The molecule has 0 N–H and O–H groups in total. The van der Waals surface area contributed by atoms with Gasteiger partial charge < -0.3 is 4.84 Å². The molecule has 1 rings (SSSR count). The van der Waals surface area contributed by atoms with Crippen LogP contribution < -0.4 is 0 Å². The minimum absolute atomic E-state index is 0.195. The first-order valence-electron chi connectivity index (χ1n) is 6.17. The van der Waals surface area contributed by atoms with Gasteiger partial charge in [0.2, 0.25) is 0 Å². The molecule has 0 aliphatic heterocycles. The molecule has 0 fully saturated rings. The molecule has 0 atom stereocenters. The zero-order chi connectivity index (χ0) is 13.8. The van der Waals surface area contributed by atoms with E-state index in [4.69, 9.17) is 4.84 Å². The standard InChI is InChI=1S/C15H21NO2/c1-11(2)13(12-9-7-6-8-10-12)16-18-14(17)15(3,4)5/h6-11H,1-5H3/b16-13+. The molecule has 3 heteroatoms. The van der Waals surface area contributed by atoms with E-state index in [9.17, 15) is 4.79 Å². The highest BCUT2D eigenvalue weighted by atomic mass is 16.7. The van der Waals surface area contributed by atoms with Crippen molar-refractivity contribution in [3.63, 3.8) is 0 Å². The first-order valence-corrected chi connectivity index (χ1v) is 6.17. The Morgan fingerprint density at radius 2 is 1.72 bits per heavy atom. The van der Waals surface area contributed by atoms with Crippen molar-refractivity contribution in [3.8, 4) is 0 Å². The molecule has 0 aromatic heterocycles. The second-order valence-electron chi connectivity index (χ2n) is 5.63. The highest BCUT2D eigenvalue weighted by Gasteiger charge is 2.24. The summed E-state index contributed by atoms with van der Waals surface area (Å²) < 4.78 is 0. The van der Waals surface area contributed by atoms with Gasteiger partial charge in [-0.1, -0.05) is 49.3 Å². The number of carbonyl (C=O) groups is 1. The predicted octanol–water partition coefficient (Wildman–Crippen LogP) is 3.64. The Balaban J connectivity index is 2.91. The summed E-state index contributed by atoms with van der Waals surface area (Å²) in [4.78, 5) is 16.7. The molecule has 98 valence electrons. The Morgan fingerprint density at radius 1 is 1.17 bits per heavy atom. The molecule has 0 aliphatic rings. The van der Waals surface area contributed by atoms with Crippen LogP contribution in [0.25, 0.3) is 0 Å². The molecular formula is C15H21NO2. The molecule has 1 aromatic rings. The third-order valence-corrected chi connectivity index (χ3v) is 2.46.